The maximum atomic E-state index is 13.3. The fourth-order valence-electron chi connectivity index (χ4n) is 2.72. The van der Waals surface area contributed by atoms with E-state index in [4.69, 9.17) is 0 Å². The first kappa shape index (κ1) is 17.5. The Balaban J connectivity index is 1.65. The van der Waals surface area contributed by atoms with Crippen molar-refractivity contribution >= 4 is 27.5 Å². The zero-order valence-corrected chi connectivity index (χ0v) is 14.1. The summed E-state index contributed by atoms with van der Waals surface area (Å²) in [6, 6.07) is 4.85. The van der Waals surface area contributed by atoms with E-state index in [1.165, 1.54) is 27.4 Å². The summed E-state index contributed by atoms with van der Waals surface area (Å²) in [5, 5.41) is 3.76. The summed E-state index contributed by atoms with van der Waals surface area (Å²) in [6.45, 7) is 0.648. The standard InChI is InChI=1S/C15H17FN4O4S/c16-11-2-1-3-12(10-11)25(23,24)20-8-6-19(7-9-20)15(22)13-4-5-14(21)18-17-13/h1-3,10H,4-9H2,(H,18,21). The van der Waals surface area contributed by atoms with Crippen LogP contribution >= 0.6 is 0 Å². The molecule has 0 aliphatic carbocycles. The first-order valence-electron chi connectivity index (χ1n) is 7.78. The molecule has 2 aliphatic rings. The van der Waals surface area contributed by atoms with Gasteiger partial charge in [-0.15, -0.1) is 0 Å². The zero-order chi connectivity index (χ0) is 18.0. The van der Waals surface area contributed by atoms with Crippen molar-refractivity contribution in [2.75, 3.05) is 26.2 Å². The zero-order valence-electron chi connectivity index (χ0n) is 13.3. The molecule has 25 heavy (non-hydrogen) atoms. The third-order valence-electron chi connectivity index (χ3n) is 4.11. The Kier molecular flexibility index (Phi) is 4.82. The van der Waals surface area contributed by atoms with Gasteiger partial charge >= 0.3 is 0 Å². The Morgan fingerprint density at radius 2 is 1.88 bits per heavy atom. The van der Waals surface area contributed by atoms with Crippen molar-refractivity contribution in [1.29, 1.82) is 0 Å². The fraction of sp³-hybridized carbons (Fsp3) is 0.400. The van der Waals surface area contributed by atoms with Crippen LogP contribution in [0, 0.1) is 5.82 Å². The lowest BCUT2D eigenvalue weighted by Crippen LogP contribution is -2.52. The largest absolute Gasteiger partial charge is 0.335 e. The summed E-state index contributed by atoms with van der Waals surface area (Å²) in [5.74, 6) is -1.15. The van der Waals surface area contributed by atoms with Gasteiger partial charge in [0.2, 0.25) is 15.9 Å². The summed E-state index contributed by atoms with van der Waals surface area (Å²) >= 11 is 0. The quantitative estimate of drug-likeness (QED) is 0.807. The molecule has 2 amide bonds. The minimum Gasteiger partial charge on any atom is -0.335 e. The number of hydrazone groups is 1. The van der Waals surface area contributed by atoms with Crippen LogP contribution in [-0.4, -0.2) is 61.3 Å². The molecular formula is C15H17FN4O4S. The van der Waals surface area contributed by atoms with E-state index in [2.05, 4.69) is 10.5 Å². The minimum absolute atomic E-state index is 0.105. The number of nitrogens with zero attached hydrogens (tertiary/aromatic N) is 3. The Hall–Kier alpha value is -2.33. The molecule has 8 nitrogen and oxygen atoms in total. The van der Waals surface area contributed by atoms with E-state index >= 15 is 0 Å². The Morgan fingerprint density at radius 1 is 1.16 bits per heavy atom. The van der Waals surface area contributed by atoms with Crippen LogP contribution in [-0.2, 0) is 19.6 Å². The van der Waals surface area contributed by atoms with Crippen molar-refractivity contribution in [3.63, 3.8) is 0 Å². The number of piperazine rings is 1. The third kappa shape index (κ3) is 3.69. The Bertz CT molecular complexity index is 832. The van der Waals surface area contributed by atoms with Crippen LogP contribution in [0.25, 0.3) is 0 Å². The van der Waals surface area contributed by atoms with Crippen LogP contribution in [0.3, 0.4) is 0 Å². The summed E-state index contributed by atoms with van der Waals surface area (Å²) in [4.78, 5) is 24.8. The lowest BCUT2D eigenvalue weighted by Gasteiger charge is -2.34. The number of carbonyl (C=O) groups is 2. The van der Waals surface area contributed by atoms with Gasteiger partial charge in [-0.2, -0.15) is 9.41 Å². The number of halogens is 1. The van der Waals surface area contributed by atoms with Crippen molar-refractivity contribution in [3.8, 4) is 0 Å². The number of benzene rings is 1. The summed E-state index contributed by atoms with van der Waals surface area (Å²) in [6.07, 6.45) is 0.477. The lowest BCUT2D eigenvalue weighted by molar-refractivity contribution is -0.125. The van der Waals surface area contributed by atoms with Gasteiger partial charge in [0, 0.05) is 39.0 Å². The molecule has 0 spiro atoms. The Morgan fingerprint density at radius 3 is 2.48 bits per heavy atom. The van der Waals surface area contributed by atoms with E-state index in [1.807, 2.05) is 0 Å². The molecule has 0 bridgehead atoms. The van der Waals surface area contributed by atoms with E-state index < -0.39 is 15.8 Å². The van der Waals surface area contributed by atoms with E-state index in [0.717, 1.165) is 6.07 Å². The second-order valence-electron chi connectivity index (χ2n) is 5.75. The molecule has 0 atom stereocenters. The van der Waals surface area contributed by atoms with Gasteiger partial charge in [-0.05, 0) is 18.2 Å². The molecule has 1 aromatic carbocycles. The smallest absolute Gasteiger partial charge is 0.270 e. The maximum absolute atomic E-state index is 13.3. The van der Waals surface area contributed by atoms with Crippen LogP contribution in [0.5, 0.6) is 0 Å². The van der Waals surface area contributed by atoms with Crippen molar-refractivity contribution in [3.05, 3.63) is 30.1 Å². The second-order valence-corrected chi connectivity index (χ2v) is 7.69. The van der Waals surface area contributed by atoms with Gasteiger partial charge in [-0.3, -0.25) is 9.59 Å². The first-order valence-corrected chi connectivity index (χ1v) is 9.22. The average Bonchev–Trinajstić information content (AvgIpc) is 2.62. The van der Waals surface area contributed by atoms with Gasteiger partial charge in [0.15, 0.2) is 0 Å². The van der Waals surface area contributed by atoms with Crippen LogP contribution in [0.4, 0.5) is 4.39 Å². The molecule has 0 aromatic heterocycles. The molecule has 134 valence electrons. The number of carbonyl (C=O) groups excluding carboxylic acids is 2. The molecule has 3 rings (SSSR count). The molecule has 1 aromatic rings. The topological polar surface area (TPSA) is 99.2 Å². The predicted molar refractivity (Wildman–Crippen MR) is 86.6 cm³/mol. The number of nitrogens with one attached hydrogen (secondary N) is 1. The monoisotopic (exact) mass is 368 g/mol. The molecule has 0 unspecified atom stereocenters. The molecule has 2 heterocycles. The summed E-state index contributed by atoms with van der Waals surface area (Å²) in [7, 11) is -3.80. The molecule has 1 fully saturated rings. The summed E-state index contributed by atoms with van der Waals surface area (Å²) in [5.41, 5.74) is 2.54. The fourth-order valence-corrected chi connectivity index (χ4v) is 4.17. The lowest BCUT2D eigenvalue weighted by atomic mass is 10.1. The predicted octanol–water partition coefficient (Wildman–Crippen LogP) is -0.0754. The minimum atomic E-state index is -3.80. The van der Waals surface area contributed by atoms with E-state index in [0.29, 0.717) is 0 Å². The van der Waals surface area contributed by atoms with E-state index in [9.17, 15) is 22.4 Å². The first-order chi connectivity index (χ1) is 11.9. The van der Waals surface area contributed by atoms with Gasteiger partial charge in [0.1, 0.15) is 11.5 Å². The van der Waals surface area contributed by atoms with Gasteiger partial charge in [-0.25, -0.2) is 18.2 Å². The molecule has 1 N–H and O–H groups in total. The SMILES string of the molecule is O=C1CCC(C(=O)N2CCN(S(=O)(=O)c3cccc(F)c3)CC2)=NN1. The maximum Gasteiger partial charge on any atom is 0.270 e. The number of sulfonamides is 1. The van der Waals surface area contributed by atoms with Crippen LogP contribution in [0.15, 0.2) is 34.3 Å². The van der Waals surface area contributed by atoms with Crippen molar-refractivity contribution < 1.29 is 22.4 Å². The molecule has 2 aliphatic heterocycles. The number of amides is 2. The Labute approximate surface area is 144 Å². The number of hydrogen-bond acceptors (Lipinski definition) is 5. The van der Waals surface area contributed by atoms with Crippen molar-refractivity contribution in [2.24, 2.45) is 5.10 Å². The number of hydrogen-bond donors (Lipinski definition) is 1. The van der Waals surface area contributed by atoms with Crippen molar-refractivity contribution in [2.45, 2.75) is 17.7 Å². The highest BCUT2D eigenvalue weighted by atomic mass is 32.2. The highest BCUT2D eigenvalue weighted by molar-refractivity contribution is 7.89. The highest BCUT2D eigenvalue weighted by Gasteiger charge is 2.32. The van der Waals surface area contributed by atoms with Crippen LogP contribution < -0.4 is 5.43 Å². The molecule has 10 heteroatoms. The second kappa shape index (κ2) is 6.89. The van der Waals surface area contributed by atoms with Gasteiger partial charge < -0.3 is 4.90 Å². The van der Waals surface area contributed by atoms with Crippen LogP contribution in [0.2, 0.25) is 0 Å². The highest BCUT2D eigenvalue weighted by Crippen LogP contribution is 2.19. The normalized spacial score (nSPS) is 19.3. The van der Waals surface area contributed by atoms with Crippen LogP contribution in [0.1, 0.15) is 12.8 Å². The molecule has 0 radical (unpaired) electrons. The number of rotatable bonds is 3. The molecule has 0 saturated carbocycles. The molecular weight excluding hydrogens is 351 g/mol. The van der Waals surface area contributed by atoms with E-state index in [-0.39, 0.29) is 61.4 Å². The van der Waals surface area contributed by atoms with Gasteiger partial charge in [0.25, 0.3) is 5.91 Å². The van der Waals surface area contributed by atoms with Crippen molar-refractivity contribution in [1.82, 2.24) is 14.6 Å². The average molecular weight is 368 g/mol. The van der Waals surface area contributed by atoms with E-state index in [1.54, 1.807) is 0 Å². The van der Waals surface area contributed by atoms with Gasteiger partial charge in [0.05, 0.1) is 4.90 Å². The molecule has 1 saturated heterocycles. The van der Waals surface area contributed by atoms with Gasteiger partial charge in [-0.1, -0.05) is 6.07 Å². The summed E-state index contributed by atoms with van der Waals surface area (Å²) < 4.78 is 39.6. The third-order valence-corrected chi connectivity index (χ3v) is 6.01.